The van der Waals surface area contributed by atoms with Crippen molar-refractivity contribution in [1.82, 2.24) is 5.32 Å². The fourth-order valence-corrected chi connectivity index (χ4v) is 3.32. The van der Waals surface area contributed by atoms with Gasteiger partial charge < -0.3 is 15.0 Å². The Balaban J connectivity index is 1.77. The highest BCUT2D eigenvalue weighted by molar-refractivity contribution is 5.97. The minimum Gasteiger partial charge on any atom is -0.465 e. The largest absolute Gasteiger partial charge is 0.465 e. The average molecular weight is 288 g/mol. The fraction of sp³-hybridized carbons (Fsp3) is 0.500. The normalized spacial score (nSPS) is 20.8. The molecule has 1 amide bonds. The number of amides is 1. The number of piperidine rings is 1. The van der Waals surface area contributed by atoms with Crippen LogP contribution in [0.3, 0.4) is 0 Å². The van der Waals surface area contributed by atoms with Gasteiger partial charge in [0.2, 0.25) is 5.91 Å². The molecule has 5 heteroatoms. The highest BCUT2D eigenvalue weighted by atomic mass is 16.5. The predicted molar refractivity (Wildman–Crippen MR) is 79.3 cm³/mol. The summed E-state index contributed by atoms with van der Waals surface area (Å²) in [6, 6.07) is 7.07. The van der Waals surface area contributed by atoms with E-state index in [0.29, 0.717) is 12.0 Å². The monoisotopic (exact) mass is 288 g/mol. The molecule has 0 bridgehead atoms. The number of anilines is 1. The molecule has 0 unspecified atom stereocenters. The summed E-state index contributed by atoms with van der Waals surface area (Å²) >= 11 is 0. The molecule has 1 aromatic rings. The van der Waals surface area contributed by atoms with E-state index < -0.39 is 0 Å². The first-order chi connectivity index (χ1) is 10.1. The zero-order valence-corrected chi connectivity index (χ0v) is 12.2. The number of benzene rings is 1. The molecule has 1 N–H and O–H groups in total. The minimum absolute atomic E-state index is 0.128. The van der Waals surface area contributed by atoms with Crippen LogP contribution in [0.5, 0.6) is 0 Å². The number of rotatable bonds is 2. The van der Waals surface area contributed by atoms with E-state index in [-0.39, 0.29) is 17.3 Å². The molecule has 112 valence electrons. The van der Waals surface area contributed by atoms with Crippen molar-refractivity contribution in [2.75, 3.05) is 31.6 Å². The van der Waals surface area contributed by atoms with Gasteiger partial charge in [-0.25, -0.2) is 4.79 Å². The van der Waals surface area contributed by atoms with Crippen LogP contribution in [0.4, 0.5) is 5.69 Å². The van der Waals surface area contributed by atoms with Crippen LogP contribution >= 0.6 is 0 Å². The Labute approximate surface area is 124 Å². The summed E-state index contributed by atoms with van der Waals surface area (Å²) in [7, 11) is 1.36. The maximum absolute atomic E-state index is 12.3. The lowest BCUT2D eigenvalue weighted by atomic mass is 9.78. The van der Waals surface area contributed by atoms with Crippen molar-refractivity contribution in [2.45, 2.75) is 19.3 Å². The number of nitrogens with one attached hydrogen (secondary N) is 1. The van der Waals surface area contributed by atoms with Crippen LogP contribution in [0.25, 0.3) is 0 Å². The average Bonchev–Trinajstić information content (AvgIpc) is 2.83. The Morgan fingerprint density at radius 1 is 1.24 bits per heavy atom. The Kier molecular flexibility index (Phi) is 3.68. The number of esters is 1. The fourth-order valence-electron chi connectivity index (χ4n) is 3.32. The summed E-state index contributed by atoms with van der Waals surface area (Å²) in [4.78, 5) is 25.6. The van der Waals surface area contributed by atoms with E-state index in [1.165, 1.54) is 7.11 Å². The summed E-state index contributed by atoms with van der Waals surface area (Å²) < 4.78 is 4.69. The number of carbonyl (C=O) groups is 2. The Bertz CT molecular complexity index is 547. The molecule has 3 rings (SSSR count). The molecule has 0 aliphatic carbocycles. The van der Waals surface area contributed by atoms with Crippen LogP contribution < -0.4 is 10.2 Å². The van der Waals surface area contributed by atoms with Crippen molar-refractivity contribution < 1.29 is 14.3 Å². The summed E-state index contributed by atoms with van der Waals surface area (Å²) in [6.07, 6.45) is 2.73. The molecule has 2 fully saturated rings. The third kappa shape index (κ3) is 2.65. The van der Waals surface area contributed by atoms with E-state index >= 15 is 0 Å². The summed E-state index contributed by atoms with van der Waals surface area (Å²) in [5.74, 6) is -0.174. The van der Waals surface area contributed by atoms with Gasteiger partial charge >= 0.3 is 5.97 Å². The van der Waals surface area contributed by atoms with E-state index in [0.717, 1.165) is 38.2 Å². The second kappa shape index (κ2) is 5.48. The van der Waals surface area contributed by atoms with Crippen molar-refractivity contribution in [3.8, 4) is 0 Å². The number of carbonyl (C=O) groups excluding carboxylic acids is 2. The van der Waals surface area contributed by atoms with Crippen LogP contribution in [0.2, 0.25) is 0 Å². The third-order valence-corrected chi connectivity index (χ3v) is 4.59. The summed E-state index contributed by atoms with van der Waals surface area (Å²) in [5, 5.41) is 3.35. The standard InChI is InChI=1S/C16H20N2O3/c1-21-15(20)12-2-4-13(5-3-12)18-11-16(10-14(18)19)6-8-17-9-7-16/h2-5,17H,6-11H2,1H3. The highest BCUT2D eigenvalue weighted by Gasteiger charge is 2.43. The van der Waals surface area contributed by atoms with Crippen molar-refractivity contribution in [3.63, 3.8) is 0 Å². The van der Waals surface area contributed by atoms with Crippen LogP contribution in [-0.2, 0) is 9.53 Å². The smallest absolute Gasteiger partial charge is 0.337 e. The predicted octanol–water partition coefficient (Wildman–Crippen LogP) is 1.58. The molecule has 0 atom stereocenters. The lowest BCUT2D eigenvalue weighted by Gasteiger charge is -2.33. The molecule has 21 heavy (non-hydrogen) atoms. The molecule has 5 nitrogen and oxygen atoms in total. The minimum atomic E-state index is -0.357. The maximum atomic E-state index is 12.3. The van der Waals surface area contributed by atoms with Gasteiger partial charge in [-0.05, 0) is 55.6 Å². The van der Waals surface area contributed by atoms with E-state index in [4.69, 9.17) is 0 Å². The molecule has 0 aromatic heterocycles. The van der Waals surface area contributed by atoms with Crippen LogP contribution in [-0.4, -0.2) is 38.6 Å². The first-order valence-corrected chi connectivity index (χ1v) is 7.33. The number of nitrogens with zero attached hydrogens (tertiary/aromatic N) is 1. The van der Waals surface area contributed by atoms with Gasteiger partial charge in [0.15, 0.2) is 0 Å². The van der Waals surface area contributed by atoms with Gasteiger partial charge in [-0.1, -0.05) is 0 Å². The van der Waals surface area contributed by atoms with Gasteiger partial charge in [-0.3, -0.25) is 4.79 Å². The lowest BCUT2D eigenvalue weighted by Crippen LogP contribution is -2.38. The molecule has 2 aliphatic heterocycles. The van der Waals surface area contributed by atoms with E-state index in [9.17, 15) is 9.59 Å². The summed E-state index contributed by atoms with van der Waals surface area (Å²) in [6.45, 7) is 2.76. The number of hydrogen-bond acceptors (Lipinski definition) is 4. The lowest BCUT2D eigenvalue weighted by molar-refractivity contribution is -0.117. The number of hydrogen-bond donors (Lipinski definition) is 1. The zero-order chi connectivity index (χ0) is 14.9. The van der Waals surface area contributed by atoms with Gasteiger partial charge in [0.05, 0.1) is 12.7 Å². The molecular weight excluding hydrogens is 268 g/mol. The maximum Gasteiger partial charge on any atom is 0.337 e. The molecule has 2 saturated heterocycles. The van der Waals surface area contributed by atoms with Gasteiger partial charge in [-0.2, -0.15) is 0 Å². The van der Waals surface area contributed by atoms with Crippen LogP contribution in [0, 0.1) is 5.41 Å². The van der Waals surface area contributed by atoms with Crippen LogP contribution in [0.15, 0.2) is 24.3 Å². The van der Waals surface area contributed by atoms with Crippen molar-refractivity contribution >= 4 is 17.6 Å². The third-order valence-electron chi connectivity index (χ3n) is 4.59. The Morgan fingerprint density at radius 3 is 2.52 bits per heavy atom. The second-order valence-electron chi connectivity index (χ2n) is 5.95. The van der Waals surface area contributed by atoms with Crippen molar-refractivity contribution in [3.05, 3.63) is 29.8 Å². The molecule has 1 aromatic carbocycles. The van der Waals surface area contributed by atoms with Gasteiger partial charge in [-0.15, -0.1) is 0 Å². The molecule has 2 aliphatic rings. The molecule has 0 radical (unpaired) electrons. The molecule has 2 heterocycles. The first-order valence-electron chi connectivity index (χ1n) is 7.33. The van der Waals surface area contributed by atoms with Gasteiger partial charge in [0.25, 0.3) is 0 Å². The Hall–Kier alpha value is -1.88. The zero-order valence-electron chi connectivity index (χ0n) is 12.2. The highest BCUT2D eigenvalue weighted by Crippen LogP contribution is 2.41. The number of ether oxygens (including phenoxy) is 1. The van der Waals surface area contributed by atoms with E-state index in [1.54, 1.807) is 12.1 Å². The summed E-state index contributed by atoms with van der Waals surface area (Å²) in [5.41, 5.74) is 1.50. The quantitative estimate of drug-likeness (QED) is 0.839. The van der Waals surface area contributed by atoms with Crippen molar-refractivity contribution in [1.29, 1.82) is 0 Å². The van der Waals surface area contributed by atoms with Gasteiger partial charge in [0, 0.05) is 18.7 Å². The topological polar surface area (TPSA) is 58.6 Å². The molecule has 1 spiro atoms. The van der Waals surface area contributed by atoms with Crippen molar-refractivity contribution in [2.24, 2.45) is 5.41 Å². The second-order valence-corrected chi connectivity index (χ2v) is 5.95. The molecular formula is C16H20N2O3. The first kappa shape index (κ1) is 14.1. The molecule has 0 saturated carbocycles. The van der Waals surface area contributed by atoms with Gasteiger partial charge in [0.1, 0.15) is 0 Å². The van der Waals surface area contributed by atoms with Crippen LogP contribution in [0.1, 0.15) is 29.6 Å². The number of methoxy groups -OCH3 is 1. The van der Waals surface area contributed by atoms with E-state index in [1.807, 2.05) is 17.0 Å². The Morgan fingerprint density at radius 2 is 1.90 bits per heavy atom. The van der Waals surface area contributed by atoms with E-state index in [2.05, 4.69) is 10.1 Å². The SMILES string of the molecule is COC(=O)c1ccc(N2CC3(CCNCC3)CC2=O)cc1.